The standard InChI is InChI=1S/C11H15N7/c1-8-3-6-17(7-8)10-14-9(12)15-11(16-10)18-5-2-4-13-18/h2,4-5,8H,3,6-7H2,1H3,(H2,12,14,15,16). The molecule has 1 saturated heterocycles. The molecule has 0 spiro atoms. The number of rotatable bonds is 2. The summed E-state index contributed by atoms with van der Waals surface area (Å²) in [4.78, 5) is 14.8. The van der Waals surface area contributed by atoms with Crippen molar-refractivity contribution in [1.82, 2.24) is 24.7 Å². The van der Waals surface area contributed by atoms with Crippen LogP contribution in [0.1, 0.15) is 13.3 Å². The van der Waals surface area contributed by atoms with E-state index in [0.29, 0.717) is 17.8 Å². The third-order valence-corrected chi connectivity index (χ3v) is 3.05. The van der Waals surface area contributed by atoms with Crippen molar-refractivity contribution >= 4 is 11.9 Å². The minimum Gasteiger partial charge on any atom is -0.368 e. The molecule has 0 radical (unpaired) electrons. The van der Waals surface area contributed by atoms with Crippen LogP contribution in [0, 0.1) is 5.92 Å². The first-order chi connectivity index (χ1) is 8.72. The zero-order chi connectivity index (χ0) is 12.5. The van der Waals surface area contributed by atoms with Gasteiger partial charge in [-0.2, -0.15) is 20.1 Å². The van der Waals surface area contributed by atoms with Crippen molar-refractivity contribution in [3.63, 3.8) is 0 Å². The zero-order valence-electron chi connectivity index (χ0n) is 10.2. The number of hydrogen-bond acceptors (Lipinski definition) is 6. The SMILES string of the molecule is CC1CCN(c2nc(N)nc(-n3cccn3)n2)C1. The summed E-state index contributed by atoms with van der Waals surface area (Å²) in [6.07, 6.45) is 4.62. The third-order valence-electron chi connectivity index (χ3n) is 3.05. The van der Waals surface area contributed by atoms with E-state index in [9.17, 15) is 0 Å². The minimum atomic E-state index is 0.227. The van der Waals surface area contributed by atoms with Crippen LogP contribution in [0.15, 0.2) is 18.5 Å². The van der Waals surface area contributed by atoms with Gasteiger partial charge in [0.15, 0.2) is 0 Å². The quantitative estimate of drug-likeness (QED) is 0.828. The van der Waals surface area contributed by atoms with Gasteiger partial charge in [-0.3, -0.25) is 0 Å². The lowest BCUT2D eigenvalue weighted by atomic mass is 10.2. The van der Waals surface area contributed by atoms with E-state index in [1.165, 1.54) is 0 Å². The van der Waals surface area contributed by atoms with Gasteiger partial charge in [-0.15, -0.1) is 0 Å². The van der Waals surface area contributed by atoms with Crippen molar-refractivity contribution in [2.24, 2.45) is 5.92 Å². The molecular weight excluding hydrogens is 230 g/mol. The molecular formula is C11H15N7. The van der Waals surface area contributed by atoms with Gasteiger partial charge < -0.3 is 10.6 Å². The normalized spacial score (nSPS) is 19.4. The Bertz CT molecular complexity index is 536. The Hall–Kier alpha value is -2.18. The van der Waals surface area contributed by atoms with Crippen LogP contribution >= 0.6 is 0 Å². The highest BCUT2D eigenvalue weighted by atomic mass is 15.4. The topological polar surface area (TPSA) is 85.8 Å². The Labute approximate surface area is 105 Å². The molecule has 1 fully saturated rings. The molecule has 0 aliphatic carbocycles. The van der Waals surface area contributed by atoms with E-state index in [0.717, 1.165) is 19.5 Å². The smallest absolute Gasteiger partial charge is 0.257 e. The highest BCUT2D eigenvalue weighted by molar-refractivity contribution is 5.38. The van der Waals surface area contributed by atoms with E-state index in [4.69, 9.17) is 5.73 Å². The lowest BCUT2D eigenvalue weighted by Gasteiger charge is -2.16. The third kappa shape index (κ3) is 1.99. The molecule has 1 unspecified atom stereocenters. The van der Waals surface area contributed by atoms with Gasteiger partial charge in [-0.1, -0.05) is 6.92 Å². The monoisotopic (exact) mass is 245 g/mol. The Morgan fingerprint density at radius 1 is 1.28 bits per heavy atom. The number of nitrogens with two attached hydrogens (primary N) is 1. The van der Waals surface area contributed by atoms with Crippen LogP contribution in [0.3, 0.4) is 0 Å². The summed E-state index contributed by atoms with van der Waals surface area (Å²) in [6.45, 7) is 4.14. The average molecular weight is 245 g/mol. The van der Waals surface area contributed by atoms with E-state index in [-0.39, 0.29) is 5.95 Å². The van der Waals surface area contributed by atoms with Crippen molar-refractivity contribution in [1.29, 1.82) is 0 Å². The molecule has 18 heavy (non-hydrogen) atoms. The molecule has 7 heteroatoms. The Balaban J connectivity index is 1.96. The molecule has 94 valence electrons. The summed E-state index contributed by atoms with van der Waals surface area (Å²) in [6, 6.07) is 1.82. The summed E-state index contributed by atoms with van der Waals surface area (Å²) in [5.41, 5.74) is 5.74. The van der Waals surface area contributed by atoms with Crippen molar-refractivity contribution in [3.05, 3.63) is 18.5 Å². The lowest BCUT2D eigenvalue weighted by Crippen LogP contribution is -2.23. The van der Waals surface area contributed by atoms with Crippen molar-refractivity contribution in [3.8, 4) is 5.95 Å². The van der Waals surface area contributed by atoms with Crippen LogP contribution in [-0.4, -0.2) is 37.8 Å². The molecule has 2 aromatic heterocycles. The van der Waals surface area contributed by atoms with Gasteiger partial charge in [0.1, 0.15) is 0 Å². The Morgan fingerprint density at radius 2 is 2.11 bits per heavy atom. The first-order valence-corrected chi connectivity index (χ1v) is 5.99. The maximum absolute atomic E-state index is 5.74. The number of nitrogen functional groups attached to an aromatic ring is 1. The molecule has 0 bridgehead atoms. The molecule has 7 nitrogen and oxygen atoms in total. The molecule has 0 saturated carbocycles. The fourth-order valence-corrected chi connectivity index (χ4v) is 2.12. The van der Waals surface area contributed by atoms with E-state index in [1.54, 1.807) is 17.1 Å². The highest BCUT2D eigenvalue weighted by Gasteiger charge is 2.22. The number of nitrogens with zero attached hydrogens (tertiary/aromatic N) is 6. The number of aromatic nitrogens is 5. The van der Waals surface area contributed by atoms with Gasteiger partial charge in [0.2, 0.25) is 11.9 Å². The molecule has 1 aliphatic rings. The first kappa shape index (κ1) is 10.9. The molecule has 3 heterocycles. The Kier molecular flexibility index (Phi) is 2.58. The predicted octanol–water partition coefficient (Wildman–Crippen LogP) is 0.486. The molecule has 1 aliphatic heterocycles. The van der Waals surface area contributed by atoms with E-state index < -0.39 is 0 Å². The van der Waals surface area contributed by atoms with Crippen LogP contribution in [-0.2, 0) is 0 Å². The molecule has 0 aromatic carbocycles. The van der Waals surface area contributed by atoms with Crippen molar-refractivity contribution in [2.45, 2.75) is 13.3 Å². The average Bonchev–Trinajstić information content (AvgIpc) is 2.98. The second-order valence-corrected chi connectivity index (χ2v) is 4.58. The van der Waals surface area contributed by atoms with Gasteiger partial charge >= 0.3 is 0 Å². The summed E-state index contributed by atoms with van der Waals surface area (Å²) in [5.74, 6) is 1.99. The fourth-order valence-electron chi connectivity index (χ4n) is 2.12. The number of anilines is 2. The van der Waals surface area contributed by atoms with Gasteiger partial charge in [0.25, 0.3) is 5.95 Å². The summed E-state index contributed by atoms with van der Waals surface area (Å²) < 4.78 is 1.58. The molecule has 2 N–H and O–H groups in total. The predicted molar refractivity (Wildman–Crippen MR) is 67.4 cm³/mol. The van der Waals surface area contributed by atoms with Gasteiger partial charge in [-0.25, -0.2) is 4.68 Å². The molecule has 2 aromatic rings. The minimum absolute atomic E-state index is 0.227. The number of hydrogen-bond donors (Lipinski definition) is 1. The van der Waals surface area contributed by atoms with Crippen LogP contribution in [0.5, 0.6) is 0 Å². The summed E-state index contributed by atoms with van der Waals surface area (Å²) in [7, 11) is 0. The van der Waals surface area contributed by atoms with Gasteiger partial charge in [-0.05, 0) is 18.4 Å². The maximum atomic E-state index is 5.74. The molecule has 1 atom stereocenters. The Morgan fingerprint density at radius 3 is 2.78 bits per heavy atom. The van der Waals surface area contributed by atoms with E-state index in [2.05, 4.69) is 31.9 Å². The van der Waals surface area contributed by atoms with E-state index >= 15 is 0 Å². The van der Waals surface area contributed by atoms with Crippen LogP contribution < -0.4 is 10.6 Å². The zero-order valence-corrected chi connectivity index (χ0v) is 10.2. The van der Waals surface area contributed by atoms with Crippen molar-refractivity contribution < 1.29 is 0 Å². The molecule has 0 amide bonds. The summed E-state index contributed by atoms with van der Waals surface area (Å²) in [5, 5.41) is 4.10. The summed E-state index contributed by atoms with van der Waals surface area (Å²) >= 11 is 0. The maximum Gasteiger partial charge on any atom is 0.257 e. The van der Waals surface area contributed by atoms with Crippen molar-refractivity contribution in [2.75, 3.05) is 23.7 Å². The highest BCUT2D eigenvalue weighted by Crippen LogP contribution is 2.20. The second-order valence-electron chi connectivity index (χ2n) is 4.58. The van der Waals surface area contributed by atoms with E-state index in [1.807, 2.05) is 6.07 Å². The van der Waals surface area contributed by atoms with Gasteiger partial charge in [0.05, 0.1) is 0 Å². The lowest BCUT2D eigenvalue weighted by molar-refractivity contribution is 0.657. The van der Waals surface area contributed by atoms with Crippen LogP contribution in [0.4, 0.5) is 11.9 Å². The molecule has 3 rings (SSSR count). The van der Waals surface area contributed by atoms with Crippen LogP contribution in [0.2, 0.25) is 0 Å². The van der Waals surface area contributed by atoms with Gasteiger partial charge in [0, 0.05) is 25.5 Å². The second kappa shape index (κ2) is 4.25. The first-order valence-electron chi connectivity index (χ1n) is 5.99. The largest absolute Gasteiger partial charge is 0.368 e. The fraction of sp³-hybridized carbons (Fsp3) is 0.455. The van der Waals surface area contributed by atoms with Crippen LogP contribution in [0.25, 0.3) is 5.95 Å².